The van der Waals surface area contributed by atoms with E-state index in [1.54, 1.807) is 6.08 Å². The van der Waals surface area contributed by atoms with E-state index < -0.39 is 5.97 Å². The second kappa shape index (κ2) is 6.40. The first-order valence-corrected chi connectivity index (χ1v) is 4.67. The minimum absolute atomic E-state index is 0.0922. The lowest BCUT2D eigenvalue weighted by atomic mass is 10.1. The first-order valence-electron chi connectivity index (χ1n) is 4.67. The fourth-order valence-corrected chi connectivity index (χ4v) is 1.16. The van der Waals surface area contributed by atoms with Gasteiger partial charge in [0.15, 0.2) is 0 Å². The second-order valence-electron chi connectivity index (χ2n) is 2.98. The van der Waals surface area contributed by atoms with Gasteiger partial charge in [-0.3, -0.25) is 4.79 Å². The van der Waals surface area contributed by atoms with Crippen LogP contribution in [-0.4, -0.2) is 26.2 Å². The minimum Gasteiger partial charge on any atom is -0.466 e. The van der Waals surface area contributed by atoms with Crippen LogP contribution in [0.1, 0.15) is 5.56 Å². The maximum Gasteiger partial charge on any atom is 0.337 e. The van der Waals surface area contributed by atoms with E-state index in [4.69, 9.17) is 0 Å². The van der Waals surface area contributed by atoms with Gasteiger partial charge in [-0.2, -0.15) is 0 Å². The summed E-state index contributed by atoms with van der Waals surface area (Å²) in [6, 6.07) is 9.24. The lowest BCUT2D eigenvalue weighted by Gasteiger charge is -2.04. The molecule has 1 rings (SSSR count). The second-order valence-corrected chi connectivity index (χ2v) is 2.98. The van der Waals surface area contributed by atoms with Crippen LogP contribution < -0.4 is 0 Å². The molecule has 0 atom stereocenters. The Hall–Kier alpha value is -2.10. The molecule has 1 aromatic carbocycles. The van der Waals surface area contributed by atoms with Gasteiger partial charge in [0.1, 0.15) is 6.61 Å². The maximum atomic E-state index is 11.3. The maximum absolute atomic E-state index is 11.3. The van der Waals surface area contributed by atoms with Gasteiger partial charge < -0.3 is 9.47 Å². The summed E-state index contributed by atoms with van der Waals surface area (Å²) in [5.74, 6) is -0.509. The molecule has 0 amide bonds. The van der Waals surface area contributed by atoms with Crippen LogP contribution in [-0.2, 0) is 19.1 Å². The Balaban J connectivity index is 2.87. The fourth-order valence-electron chi connectivity index (χ4n) is 1.16. The molecule has 4 nitrogen and oxygen atoms in total. The lowest BCUT2D eigenvalue weighted by molar-refractivity contribution is -0.137. The molecule has 0 aromatic heterocycles. The lowest BCUT2D eigenvalue weighted by Crippen LogP contribution is -2.10. The van der Waals surface area contributed by atoms with Gasteiger partial charge >= 0.3 is 5.97 Å². The van der Waals surface area contributed by atoms with Gasteiger partial charge in [0.25, 0.3) is 6.47 Å². The van der Waals surface area contributed by atoms with Crippen molar-refractivity contribution in [1.82, 2.24) is 0 Å². The van der Waals surface area contributed by atoms with Crippen LogP contribution in [0.5, 0.6) is 0 Å². The molecular weight excluding hydrogens is 208 g/mol. The highest BCUT2D eigenvalue weighted by Gasteiger charge is 2.09. The standard InChI is InChI=1S/C12H12O4/c1-15-12(14)11(8-16-9-13)7-10-5-3-2-4-6-10/h2-7,9H,8H2,1H3/b11-7+. The van der Waals surface area contributed by atoms with E-state index in [-0.39, 0.29) is 6.61 Å². The van der Waals surface area contributed by atoms with Crippen molar-refractivity contribution in [1.29, 1.82) is 0 Å². The summed E-state index contributed by atoms with van der Waals surface area (Å²) in [5, 5.41) is 0. The molecule has 84 valence electrons. The summed E-state index contributed by atoms with van der Waals surface area (Å²) in [6.45, 7) is 0.201. The minimum atomic E-state index is -0.509. The van der Waals surface area contributed by atoms with Gasteiger partial charge in [0.05, 0.1) is 12.7 Å². The van der Waals surface area contributed by atoms with Crippen molar-refractivity contribution >= 4 is 18.5 Å². The van der Waals surface area contributed by atoms with Crippen molar-refractivity contribution in [3.05, 3.63) is 41.5 Å². The monoisotopic (exact) mass is 220 g/mol. The topological polar surface area (TPSA) is 52.6 Å². The normalized spacial score (nSPS) is 10.7. The molecular formula is C12H12O4. The SMILES string of the molecule is COC(=O)/C(=C/c1ccccc1)COC=O. The number of methoxy groups -OCH3 is 1. The zero-order valence-electron chi connectivity index (χ0n) is 8.88. The Kier molecular flexibility index (Phi) is 4.79. The van der Waals surface area contributed by atoms with Crippen molar-refractivity contribution in [2.75, 3.05) is 13.7 Å². The number of benzene rings is 1. The molecule has 0 radical (unpaired) electrons. The van der Waals surface area contributed by atoms with Crippen LogP contribution in [0.4, 0.5) is 0 Å². The summed E-state index contributed by atoms with van der Waals surface area (Å²) in [7, 11) is 1.28. The average molecular weight is 220 g/mol. The first-order chi connectivity index (χ1) is 7.77. The zero-order valence-corrected chi connectivity index (χ0v) is 8.88. The first kappa shape index (κ1) is 12.0. The van der Waals surface area contributed by atoms with Gasteiger partial charge in [-0.1, -0.05) is 30.3 Å². The van der Waals surface area contributed by atoms with E-state index in [0.29, 0.717) is 12.0 Å². The van der Waals surface area contributed by atoms with E-state index in [0.717, 1.165) is 5.56 Å². The molecule has 0 unspecified atom stereocenters. The molecule has 16 heavy (non-hydrogen) atoms. The highest BCUT2D eigenvalue weighted by atomic mass is 16.5. The van der Waals surface area contributed by atoms with Gasteiger partial charge in [0, 0.05) is 0 Å². The van der Waals surface area contributed by atoms with Gasteiger partial charge in [-0.25, -0.2) is 4.79 Å². The Morgan fingerprint density at radius 3 is 2.56 bits per heavy atom. The Bertz CT molecular complexity index is 381. The number of hydrogen-bond donors (Lipinski definition) is 0. The Morgan fingerprint density at radius 1 is 1.31 bits per heavy atom. The number of rotatable bonds is 5. The average Bonchev–Trinajstić information content (AvgIpc) is 2.34. The molecule has 0 heterocycles. The summed E-state index contributed by atoms with van der Waals surface area (Å²) in [5.41, 5.74) is 1.14. The molecule has 0 N–H and O–H groups in total. The summed E-state index contributed by atoms with van der Waals surface area (Å²) >= 11 is 0. The molecule has 4 heteroatoms. The number of ether oxygens (including phenoxy) is 2. The summed E-state index contributed by atoms with van der Waals surface area (Å²) < 4.78 is 9.12. The number of hydrogen-bond acceptors (Lipinski definition) is 4. The molecule has 0 saturated heterocycles. The van der Waals surface area contributed by atoms with Gasteiger partial charge in [0.2, 0.25) is 0 Å². The fraction of sp³-hybridized carbons (Fsp3) is 0.167. The highest BCUT2D eigenvalue weighted by molar-refractivity contribution is 5.94. The zero-order chi connectivity index (χ0) is 11.8. The smallest absolute Gasteiger partial charge is 0.337 e. The summed E-state index contributed by atoms with van der Waals surface area (Å²) in [6.07, 6.45) is 1.62. The van der Waals surface area contributed by atoms with E-state index >= 15 is 0 Å². The molecule has 0 saturated carbocycles. The quantitative estimate of drug-likeness (QED) is 0.428. The van der Waals surface area contributed by atoms with Gasteiger partial charge in [-0.05, 0) is 11.6 Å². The van der Waals surface area contributed by atoms with E-state index in [1.165, 1.54) is 7.11 Å². The third-order valence-electron chi connectivity index (χ3n) is 1.89. The van der Waals surface area contributed by atoms with Gasteiger partial charge in [-0.15, -0.1) is 0 Å². The molecule has 0 fully saturated rings. The third kappa shape index (κ3) is 3.57. The van der Waals surface area contributed by atoms with Crippen LogP contribution in [0.3, 0.4) is 0 Å². The van der Waals surface area contributed by atoms with Crippen molar-refractivity contribution < 1.29 is 19.1 Å². The molecule has 0 aliphatic carbocycles. The van der Waals surface area contributed by atoms with Crippen LogP contribution >= 0.6 is 0 Å². The third-order valence-corrected chi connectivity index (χ3v) is 1.89. The van der Waals surface area contributed by atoms with Crippen LogP contribution in [0, 0.1) is 0 Å². The van der Waals surface area contributed by atoms with Crippen LogP contribution in [0.2, 0.25) is 0 Å². The Morgan fingerprint density at radius 2 is 2.00 bits per heavy atom. The van der Waals surface area contributed by atoms with Crippen LogP contribution in [0.15, 0.2) is 35.9 Å². The number of carbonyl (C=O) groups is 2. The predicted molar refractivity (Wildman–Crippen MR) is 58.5 cm³/mol. The van der Waals surface area contributed by atoms with Crippen molar-refractivity contribution in [2.24, 2.45) is 0 Å². The number of esters is 1. The molecule has 0 spiro atoms. The highest BCUT2D eigenvalue weighted by Crippen LogP contribution is 2.08. The van der Waals surface area contributed by atoms with Crippen molar-refractivity contribution in [3.63, 3.8) is 0 Å². The van der Waals surface area contributed by atoms with E-state index in [2.05, 4.69) is 9.47 Å². The van der Waals surface area contributed by atoms with Crippen molar-refractivity contribution in [3.8, 4) is 0 Å². The molecule has 1 aromatic rings. The predicted octanol–water partition coefficient (Wildman–Crippen LogP) is 1.42. The molecule has 0 bridgehead atoms. The number of carbonyl (C=O) groups excluding carboxylic acids is 2. The molecule has 0 aliphatic rings. The molecule has 0 aliphatic heterocycles. The Labute approximate surface area is 93.5 Å². The largest absolute Gasteiger partial charge is 0.466 e. The van der Waals surface area contributed by atoms with Crippen LogP contribution in [0.25, 0.3) is 6.08 Å². The van der Waals surface area contributed by atoms with E-state index in [1.807, 2.05) is 30.3 Å². The summed E-state index contributed by atoms with van der Waals surface area (Å²) in [4.78, 5) is 21.4. The van der Waals surface area contributed by atoms with Crippen molar-refractivity contribution in [2.45, 2.75) is 0 Å². The van der Waals surface area contributed by atoms with E-state index in [9.17, 15) is 9.59 Å².